The molecule has 1 aliphatic heterocycles. The summed E-state index contributed by atoms with van der Waals surface area (Å²) in [5.74, 6) is 0.675. The van der Waals surface area contributed by atoms with Crippen molar-refractivity contribution in [2.45, 2.75) is 64.1 Å². The molecule has 0 spiro atoms. The van der Waals surface area contributed by atoms with Gasteiger partial charge in [0.2, 0.25) is 0 Å². The largest absolute Gasteiger partial charge is 0.361 e. The first kappa shape index (κ1) is 28.8. The van der Waals surface area contributed by atoms with Crippen molar-refractivity contribution in [3.63, 3.8) is 0 Å². The molecule has 0 saturated heterocycles. The van der Waals surface area contributed by atoms with Crippen LogP contribution in [0.1, 0.15) is 45.8 Å². The van der Waals surface area contributed by atoms with Crippen LogP contribution in [0.5, 0.6) is 0 Å². The van der Waals surface area contributed by atoms with E-state index in [2.05, 4.69) is 60.6 Å². The molecule has 1 atom stereocenters. The molecule has 3 heterocycles. The maximum atomic E-state index is 12.5. The van der Waals surface area contributed by atoms with Crippen molar-refractivity contribution in [2.75, 3.05) is 34.3 Å². The normalized spacial score (nSPS) is 17.0. The average Bonchev–Trinajstić information content (AvgIpc) is 3.32. The Morgan fingerprint density at radius 1 is 1.05 bits per heavy atom. The smallest absolute Gasteiger partial charge is 0.253 e. The van der Waals surface area contributed by atoms with E-state index in [0.717, 1.165) is 46.9 Å². The Morgan fingerprint density at radius 2 is 1.81 bits per heavy atom. The number of benzene rings is 2. The Labute approximate surface area is 251 Å². The molecule has 42 heavy (non-hydrogen) atoms. The molecule has 1 amide bonds. The van der Waals surface area contributed by atoms with Crippen LogP contribution in [-0.4, -0.2) is 67.6 Å². The van der Waals surface area contributed by atoms with Crippen molar-refractivity contribution in [1.82, 2.24) is 19.4 Å². The molecule has 0 N–H and O–H groups in total. The van der Waals surface area contributed by atoms with Crippen LogP contribution in [0.15, 0.2) is 54.9 Å². The minimum Gasteiger partial charge on any atom is -0.361 e. The predicted octanol–water partition coefficient (Wildman–Crippen LogP) is 7.25. The number of nitrogens with zero attached hydrogens (tertiary/aromatic N) is 4. The van der Waals surface area contributed by atoms with Crippen LogP contribution >= 0.6 is 0 Å². The molecule has 0 saturated carbocycles. The molecule has 0 fully saturated rings. The van der Waals surface area contributed by atoms with Crippen LogP contribution in [0.3, 0.4) is 0 Å². The van der Waals surface area contributed by atoms with E-state index in [0.29, 0.717) is 18.2 Å². The summed E-state index contributed by atoms with van der Waals surface area (Å²) < 4.78 is 8.30. The van der Waals surface area contributed by atoms with Crippen molar-refractivity contribution in [1.29, 1.82) is 0 Å². The van der Waals surface area contributed by atoms with Gasteiger partial charge in [-0.1, -0.05) is 37.8 Å². The number of rotatable bonds is 8. The van der Waals surface area contributed by atoms with Crippen LogP contribution in [0.4, 0.5) is 0 Å². The molecular formula is C35H44N4O2Si. The highest BCUT2D eigenvalue weighted by Crippen LogP contribution is 2.41. The van der Waals surface area contributed by atoms with Gasteiger partial charge >= 0.3 is 0 Å². The number of pyridine rings is 1. The van der Waals surface area contributed by atoms with E-state index in [4.69, 9.17) is 9.72 Å². The maximum absolute atomic E-state index is 12.5. The lowest BCUT2D eigenvalue weighted by atomic mass is 9.76. The summed E-state index contributed by atoms with van der Waals surface area (Å²) in [5, 5.41) is 1.11. The Balaban J connectivity index is 1.40. The first-order chi connectivity index (χ1) is 20.1. The lowest BCUT2D eigenvalue weighted by molar-refractivity contribution is 0.0827. The number of aryl methyl sites for hydroxylation is 1. The summed E-state index contributed by atoms with van der Waals surface area (Å²) in [5.41, 5.74) is 10.8. The Bertz CT molecular complexity index is 1620. The van der Waals surface area contributed by atoms with Gasteiger partial charge in [0, 0.05) is 76.3 Å². The van der Waals surface area contributed by atoms with Crippen LogP contribution < -0.4 is 0 Å². The van der Waals surface area contributed by atoms with Gasteiger partial charge < -0.3 is 19.1 Å². The number of fused-ring (bicyclic) bond motifs is 1. The van der Waals surface area contributed by atoms with E-state index in [-0.39, 0.29) is 5.91 Å². The number of likely N-dealkylation sites (N-methyl/N-ethyl adjacent to an activating group) is 1. The molecule has 1 unspecified atom stereocenters. The number of hydrogen-bond donors (Lipinski definition) is 0. The van der Waals surface area contributed by atoms with E-state index in [1.54, 1.807) is 24.6 Å². The SMILES string of the molecule is CN1Cc2cc(-c3cnc4c(c3)c(-c3ccc(C(=O)N(C)C)cc3)cn4COCC[Si](C)(C)C)cc3c2C(CCC3)C1. The lowest BCUT2D eigenvalue weighted by Gasteiger charge is -2.37. The fraction of sp³-hybridized carbons (Fsp3) is 0.429. The van der Waals surface area contributed by atoms with Crippen molar-refractivity contribution in [3.05, 3.63) is 77.1 Å². The second-order valence-corrected chi connectivity index (χ2v) is 19.3. The number of amides is 1. The molecule has 2 aromatic carbocycles. The molecule has 6 nitrogen and oxygen atoms in total. The number of carbonyl (C=O) groups excluding carboxylic acids is 1. The van der Waals surface area contributed by atoms with Crippen LogP contribution in [0.25, 0.3) is 33.3 Å². The highest BCUT2D eigenvalue weighted by Gasteiger charge is 2.29. The second-order valence-electron chi connectivity index (χ2n) is 13.7. The number of ether oxygens (including phenoxy) is 1. The molecular weight excluding hydrogens is 536 g/mol. The maximum Gasteiger partial charge on any atom is 0.253 e. The highest BCUT2D eigenvalue weighted by molar-refractivity contribution is 6.76. The Kier molecular flexibility index (Phi) is 7.85. The van der Waals surface area contributed by atoms with Gasteiger partial charge in [-0.3, -0.25) is 4.79 Å². The predicted molar refractivity (Wildman–Crippen MR) is 175 cm³/mol. The van der Waals surface area contributed by atoms with Gasteiger partial charge in [-0.25, -0.2) is 4.98 Å². The van der Waals surface area contributed by atoms with Crippen LogP contribution in [0.2, 0.25) is 25.7 Å². The minimum absolute atomic E-state index is 0.00739. The monoisotopic (exact) mass is 580 g/mol. The van der Waals surface area contributed by atoms with E-state index in [9.17, 15) is 4.79 Å². The third-order valence-electron chi connectivity index (χ3n) is 8.85. The zero-order valence-corrected chi connectivity index (χ0v) is 27.0. The van der Waals surface area contributed by atoms with Crippen LogP contribution in [-0.2, 0) is 24.4 Å². The van der Waals surface area contributed by atoms with Crippen molar-refractivity contribution in [2.24, 2.45) is 0 Å². The summed E-state index contributed by atoms with van der Waals surface area (Å²) in [4.78, 5) is 21.6. The third-order valence-corrected chi connectivity index (χ3v) is 10.6. The van der Waals surface area contributed by atoms with Gasteiger partial charge in [0.1, 0.15) is 12.4 Å². The fourth-order valence-corrected chi connectivity index (χ4v) is 7.41. The zero-order chi connectivity index (χ0) is 29.6. The summed E-state index contributed by atoms with van der Waals surface area (Å²) in [6.07, 6.45) is 7.93. The third kappa shape index (κ3) is 5.83. The zero-order valence-electron chi connectivity index (χ0n) is 26.0. The summed E-state index contributed by atoms with van der Waals surface area (Å²) in [6, 6.07) is 16.2. The first-order valence-electron chi connectivity index (χ1n) is 15.3. The van der Waals surface area contributed by atoms with E-state index in [1.165, 1.54) is 42.5 Å². The van der Waals surface area contributed by atoms with Gasteiger partial charge in [-0.05, 0) is 90.4 Å². The fourth-order valence-electron chi connectivity index (χ4n) is 6.65. The molecule has 4 aromatic rings. The van der Waals surface area contributed by atoms with Gasteiger partial charge in [0.05, 0.1) is 0 Å². The molecule has 2 aliphatic rings. The lowest BCUT2D eigenvalue weighted by Crippen LogP contribution is -2.33. The topological polar surface area (TPSA) is 50.6 Å². The quantitative estimate of drug-likeness (QED) is 0.163. The molecule has 220 valence electrons. The van der Waals surface area contributed by atoms with Crippen molar-refractivity contribution in [3.8, 4) is 22.3 Å². The number of aromatic nitrogens is 2. The van der Waals surface area contributed by atoms with E-state index in [1.807, 2.05) is 30.5 Å². The molecule has 1 aliphatic carbocycles. The van der Waals surface area contributed by atoms with Crippen molar-refractivity contribution >= 4 is 25.0 Å². The Hall–Kier alpha value is -3.26. The standard InChI is InChI=1S/C35H44N4O2Si/c1-37(2)35(40)25-12-10-24(11-13-25)32-22-39(23-41-14-15-42(4,5)6)34-31(32)18-29(19-36-34)28-16-26-8-7-9-27-20-38(3)21-30(17-28)33(26)27/h10-13,16-19,22,27H,7-9,14-15,20-21,23H2,1-6H3. The molecule has 0 bridgehead atoms. The van der Waals surface area contributed by atoms with E-state index >= 15 is 0 Å². The molecule has 6 rings (SSSR count). The van der Waals surface area contributed by atoms with Crippen LogP contribution in [0, 0.1) is 0 Å². The van der Waals surface area contributed by atoms with Gasteiger partial charge in [-0.15, -0.1) is 0 Å². The average molecular weight is 581 g/mol. The summed E-state index contributed by atoms with van der Waals surface area (Å²) in [7, 11) is 4.64. The highest BCUT2D eigenvalue weighted by atomic mass is 28.3. The van der Waals surface area contributed by atoms with Gasteiger partial charge in [0.15, 0.2) is 0 Å². The number of carbonyl (C=O) groups is 1. The van der Waals surface area contributed by atoms with Gasteiger partial charge in [0.25, 0.3) is 5.91 Å². The summed E-state index contributed by atoms with van der Waals surface area (Å²) >= 11 is 0. The minimum atomic E-state index is -1.17. The Morgan fingerprint density at radius 3 is 2.55 bits per heavy atom. The van der Waals surface area contributed by atoms with Crippen molar-refractivity contribution < 1.29 is 9.53 Å². The van der Waals surface area contributed by atoms with Gasteiger partial charge in [-0.2, -0.15) is 0 Å². The second kappa shape index (κ2) is 11.4. The number of hydrogen-bond acceptors (Lipinski definition) is 4. The first-order valence-corrected chi connectivity index (χ1v) is 19.0. The summed E-state index contributed by atoms with van der Waals surface area (Å²) in [6.45, 7) is 10.5. The molecule has 7 heteroatoms. The molecule has 0 radical (unpaired) electrons. The van der Waals surface area contributed by atoms with E-state index < -0.39 is 8.07 Å². The molecule has 2 aromatic heterocycles.